The Morgan fingerprint density at radius 3 is 2.62 bits per heavy atom. The minimum atomic E-state index is -4.59. The van der Waals surface area contributed by atoms with Crippen LogP contribution in [0.5, 0.6) is 11.5 Å². The molecule has 6 nitrogen and oxygen atoms in total. The second-order valence-corrected chi connectivity index (χ2v) is 7.61. The van der Waals surface area contributed by atoms with E-state index >= 15 is 0 Å². The SMILES string of the molecule is C=N/C=C(\C=C(/C)C#N)c1c(OCCC(C)C)ccc(-c2cc(C(F)(F)F)n(C)n2)c1O. The highest BCUT2D eigenvalue weighted by Gasteiger charge is 2.35. The fourth-order valence-electron chi connectivity index (χ4n) is 2.99. The van der Waals surface area contributed by atoms with E-state index in [2.05, 4.69) is 16.8 Å². The summed E-state index contributed by atoms with van der Waals surface area (Å²) in [6, 6.07) is 5.86. The highest BCUT2D eigenvalue weighted by Crippen LogP contribution is 2.43. The average molecular weight is 446 g/mol. The van der Waals surface area contributed by atoms with Gasteiger partial charge in [0.25, 0.3) is 0 Å². The number of rotatable bonds is 8. The molecule has 1 aromatic heterocycles. The Morgan fingerprint density at radius 2 is 2.09 bits per heavy atom. The minimum absolute atomic E-state index is 0.0563. The maximum absolute atomic E-state index is 13.2. The molecule has 0 spiro atoms. The van der Waals surface area contributed by atoms with E-state index in [1.54, 1.807) is 13.0 Å². The quantitative estimate of drug-likeness (QED) is 0.318. The summed E-state index contributed by atoms with van der Waals surface area (Å²) in [7, 11) is 1.18. The standard InChI is InChI=1S/C23H25F3N4O2/c1-14(2)8-9-32-19-7-6-17(18-11-20(23(24,25)26)30(5)29-18)22(31)21(19)16(13-28-4)10-15(3)12-27/h6-7,10-11,13-14,31H,4,8-9H2,1-3,5H3/b15-10+,16-13+. The first-order valence-electron chi connectivity index (χ1n) is 9.84. The zero-order chi connectivity index (χ0) is 24.1. The van der Waals surface area contributed by atoms with Crippen LogP contribution >= 0.6 is 0 Å². The summed E-state index contributed by atoms with van der Waals surface area (Å²) in [6.45, 7) is 9.44. The topological polar surface area (TPSA) is 83.4 Å². The number of benzene rings is 1. The van der Waals surface area contributed by atoms with Gasteiger partial charge in [-0.1, -0.05) is 13.8 Å². The number of aromatic nitrogens is 2. The van der Waals surface area contributed by atoms with Gasteiger partial charge < -0.3 is 9.84 Å². The maximum Gasteiger partial charge on any atom is 0.433 e. The van der Waals surface area contributed by atoms with Crippen LogP contribution in [0.4, 0.5) is 13.2 Å². The summed E-state index contributed by atoms with van der Waals surface area (Å²) in [5, 5.41) is 24.2. The van der Waals surface area contributed by atoms with Gasteiger partial charge in [0.2, 0.25) is 0 Å². The van der Waals surface area contributed by atoms with E-state index in [1.807, 2.05) is 19.9 Å². The van der Waals surface area contributed by atoms with Crippen molar-refractivity contribution in [2.75, 3.05) is 6.61 Å². The molecule has 0 atom stereocenters. The lowest BCUT2D eigenvalue weighted by Gasteiger charge is -2.16. The predicted octanol–water partition coefficient (Wildman–Crippen LogP) is 5.75. The predicted molar refractivity (Wildman–Crippen MR) is 117 cm³/mol. The van der Waals surface area contributed by atoms with Crippen LogP contribution in [0.1, 0.15) is 38.4 Å². The van der Waals surface area contributed by atoms with Crippen molar-refractivity contribution in [2.24, 2.45) is 18.0 Å². The first-order chi connectivity index (χ1) is 15.0. The molecule has 0 aliphatic rings. The Balaban J connectivity index is 2.71. The highest BCUT2D eigenvalue weighted by molar-refractivity contribution is 5.87. The summed E-state index contributed by atoms with van der Waals surface area (Å²) in [5.41, 5.74) is -0.0821. The molecule has 0 bridgehead atoms. The summed E-state index contributed by atoms with van der Waals surface area (Å²) in [4.78, 5) is 3.74. The fraction of sp³-hybridized carbons (Fsp3) is 0.348. The molecule has 1 aromatic carbocycles. The molecule has 9 heteroatoms. The third-order valence-corrected chi connectivity index (χ3v) is 4.61. The number of nitrogens with zero attached hydrogens (tertiary/aromatic N) is 4. The summed E-state index contributed by atoms with van der Waals surface area (Å²) < 4.78 is 46.3. The Hall–Kier alpha value is -3.54. The van der Waals surface area contributed by atoms with Crippen molar-refractivity contribution < 1.29 is 23.0 Å². The van der Waals surface area contributed by atoms with Crippen molar-refractivity contribution in [3.63, 3.8) is 0 Å². The molecule has 170 valence electrons. The van der Waals surface area contributed by atoms with Crippen LogP contribution in [-0.2, 0) is 13.2 Å². The molecular formula is C23H25F3N4O2. The molecule has 1 heterocycles. The second kappa shape index (κ2) is 10.2. The van der Waals surface area contributed by atoms with Gasteiger partial charge in [-0.15, -0.1) is 0 Å². The maximum atomic E-state index is 13.2. The second-order valence-electron chi connectivity index (χ2n) is 7.61. The fourth-order valence-corrected chi connectivity index (χ4v) is 2.99. The Kier molecular flexibility index (Phi) is 7.87. The number of allylic oxidation sites excluding steroid dienone is 3. The van der Waals surface area contributed by atoms with Crippen LogP contribution in [0.2, 0.25) is 0 Å². The number of halogens is 3. The smallest absolute Gasteiger partial charge is 0.433 e. The van der Waals surface area contributed by atoms with E-state index in [1.165, 1.54) is 25.4 Å². The number of phenolic OH excluding ortho intramolecular Hbond substituents is 1. The monoisotopic (exact) mass is 446 g/mol. The Morgan fingerprint density at radius 1 is 1.41 bits per heavy atom. The van der Waals surface area contributed by atoms with E-state index in [0.717, 1.165) is 12.5 Å². The first kappa shape index (κ1) is 24.7. The average Bonchev–Trinajstić information content (AvgIpc) is 3.09. The molecule has 0 saturated carbocycles. The highest BCUT2D eigenvalue weighted by atomic mass is 19.4. The van der Waals surface area contributed by atoms with Crippen molar-refractivity contribution in [1.82, 2.24) is 9.78 Å². The zero-order valence-electron chi connectivity index (χ0n) is 18.4. The molecule has 0 radical (unpaired) electrons. The number of aromatic hydroxyl groups is 1. The third-order valence-electron chi connectivity index (χ3n) is 4.61. The van der Waals surface area contributed by atoms with Gasteiger partial charge in [0, 0.05) is 30.0 Å². The normalized spacial score (nSPS) is 12.7. The minimum Gasteiger partial charge on any atom is -0.506 e. The molecule has 0 unspecified atom stereocenters. The summed E-state index contributed by atoms with van der Waals surface area (Å²) in [5.74, 6) is 0.345. The molecule has 2 rings (SSSR count). The molecular weight excluding hydrogens is 421 g/mol. The van der Waals surface area contributed by atoms with Gasteiger partial charge in [0.15, 0.2) is 0 Å². The Labute approximate surface area is 185 Å². The number of phenols is 1. The van der Waals surface area contributed by atoms with Crippen LogP contribution in [-0.4, -0.2) is 28.2 Å². The number of hydrogen-bond donors (Lipinski definition) is 1. The summed E-state index contributed by atoms with van der Waals surface area (Å²) in [6.07, 6.45) is -1.01. The lowest BCUT2D eigenvalue weighted by Crippen LogP contribution is -2.11. The number of hydrogen-bond acceptors (Lipinski definition) is 5. The molecule has 2 aromatic rings. The lowest BCUT2D eigenvalue weighted by molar-refractivity contribution is -0.143. The number of aryl methyl sites for hydroxylation is 1. The van der Waals surface area contributed by atoms with E-state index in [0.29, 0.717) is 34.1 Å². The molecule has 0 amide bonds. The number of alkyl halides is 3. The van der Waals surface area contributed by atoms with E-state index in [-0.39, 0.29) is 22.6 Å². The first-order valence-corrected chi connectivity index (χ1v) is 9.84. The molecule has 0 aliphatic carbocycles. The molecule has 0 saturated heterocycles. The van der Waals surface area contributed by atoms with Crippen LogP contribution in [0.3, 0.4) is 0 Å². The summed E-state index contributed by atoms with van der Waals surface area (Å²) >= 11 is 0. The van der Waals surface area contributed by atoms with Gasteiger partial charge in [-0.05, 0) is 50.3 Å². The van der Waals surface area contributed by atoms with Gasteiger partial charge in [0.05, 0.1) is 23.9 Å². The lowest BCUT2D eigenvalue weighted by atomic mass is 9.97. The van der Waals surface area contributed by atoms with Crippen molar-refractivity contribution in [3.8, 4) is 28.8 Å². The number of aliphatic imine (C=N–C) groups is 1. The number of ether oxygens (including phenoxy) is 1. The van der Waals surface area contributed by atoms with Crippen LogP contribution in [0, 0.1) is 17.2 Å². The van der Waals surface area contributed by atoms with Crippen LogP contribution in [0.15, 0.2) is 41.0 Å². The largest absolute Gasteiger partial charge is 0.506 e. The van der Waals surface area contributed by atoms with Crippen molar-refractivity contribution >= 4 is 12.3 Å². The van der Waals surface area contributed by atoms with E-state index in [9.17, 15) is 23.5 Å². The van der Waals surface area contributed by atoms with E-state index < -0.39 is 11.9 Å². The van der Waals surface area contributed by atoms with Crippen molar-refractivity contribution in [2.45, 2.75) is 33.4 Å². The molecule has 32 heavy (non-hydrogen) atoms. The molecule has 1 N–H and O–H groups in total. The molecule has 0 fully saturated rings. The van der Waals surface area contributed by atoms with Crippen LogP contribution < -0.4 is 4.74 Å². The van der Waals surface area contributed by atoms with Gasteiger partial charge in [-0.25, -0.2) is 0 Å². The van der Waals surface area contributed by atoms with Gasteiger partial charge in [-0.3, -0.25) is 9.67 Å². The van der Waals surface area contributed by atoms with Crippen LogP contribution in [0.25, 0.3) is 16.8 Å². The van der Waals surface area contributed by atoms with Crippen molar-refractivity contribution in [3.05, 3.63) is 47.3 Å². The van der Waals surface area contributed by atoms with Gasteiger partial charge in [0.1, 0.15) is 17.2 Å². The van der Waals surface area contributed by atoms with Gasteiger partial charge >= 0.3 is 6.18 Å². The van der Waals surface area contributed by atoms with E-state index in [4.69, 9.17) is 4.74 Å². The Bertz CT molecular complexity index is 1090. The third kappa shape index (κ3) is 5.78. The number of nitriles is 1. The van der Waals surface area contributed by atoms with Gasteiger partial charge in [-0.2, -0.15) is 23.5 Å². The molecule has 0 aliphatic heterocycles. The van der Waals surface area contributed by atoms with Crippen molar-refractivity contribution in [1.29, 1.82) is 5.26 Å². The zero-order valence-corrected chi connectivity index (χ0v) is 18.4.